The van der Waals surface area contributed by atoms with Crippen molar-refractivity contribution in [3.63, 3.8) is 0 Å². The topological polar surface area (TPSA) is 121 Å². The number of phenols is 1. The number of anilines is 1. The minimum absolute atomic E-state index is 0.144. The van der Waals surface area contributed by atoms with Crippen molar-refractivity contribution in [1.29, 1.82) is 0 Å². The van der Waals surface area contributed by atoms with Gasteiger partial charge in [-0.05, 0) is 42.9 Å². The summed E-state index contributed by atoms with van der Waals surface area (Å²) < 4.78 is 44.9. The van der Waals surface area contributed by atoms with E-state index in [-0.39, 0.29) is 29.1 Å². The quantitative estimate of drug-likeness (QED) is 0.475. The Morgan fingerprint density at radius 1 is 1.17 bits per heavy atom. The molecule has 0 radical (unpaired) electrons. The van der Waals surface area contributed by atoms with E-state index in [2.05, 4.69) is 15.0 Å². The lowest BCUT2D eigenvalue weighted by Crippen LogP contribution is -2.41. The maximum atomic E-state index is 13.3. The molecular weight excluding hydrogens is 475 g/mol. The van der Waals surface area contributed by atoms with Crippen molar-refractivity contribution in [2.75, 3.05) is 18.5 Å². The average molecular weight is 501 g/mol. The van der Waals surface area contributed by atoms with E-state index in [9.17, 15) is 22.7 Å². The summed E-state index contributed by atoms with van der Waals surface area (Å²) in [5, 5.41) is 12.4. The van der Waals surface area contributed by atoms with Gasteiger partial charge in [0.25, 0.3) is 0 Å². The van der Waals surface area contributed by atoms with Gasteiger partial charge in [0.15, 0.2) is 11.6 Å². The van der Waals surface area contributed by atoms with Crippen molar-refractivity contribution >= 4 is 21.7 Å². The first kappa shape index (κ1) is 24.4. The minimum Gasteiger partial charge on any atom is -0.505 e. The molecule has 0 saturated heterocycles. The van der Waals surface area contributed by atoms with Gasteiger partial charge in [-0.1, -0.05) is 26.0 Å². The minimum atomic E-state index is -3.53. The summed E-state index contributed by atoms with van der Waals surface area (Å²) in [4.78, 5) is 19.3. The Balaban J connectivity index is 1.47. The zero-order valence-electron chi connectivity index (χ0n) is 19.4. The molecule has 0 fully saturated rings. The number of aromatic nitrogens is 1. The van der Waals surface area contributed by atoms with Crippen molar-refractivity contribution in [2.24, 2.45) is 0 Å². The number of nitrogens with one attached hydrogen (secondary N) is 2. The van der Waals surface area contributed by atoms with Crippen molar-refractivity contribution in [3.05, 3.63) is 71.7 Å². The molecule has 3 N–H and O–H groups in total. The molecule has 0 spiro atoms. The molecule has 184 valence electrons. The van der Waals surface area contributed by atoms with Crippen molar-refractivity contribution < 1.29 is 27.4 Å². The molecule has 11 heteroatoms. The number of fused-ring (bicyclic) bond motifs is 1. The van der Waals surface area contributed by atoms with E-state index >= 15 is 0 Å². The van der Waals surface area contributed by atoms with Crippen LogP contribution in [-0.4, -0.2) is 38.1 Å². The van der Waals surface area contributed by atoms with Crippen LogP contribution in [0.3, 0.4) is 0 Å². The fourth-order valence-electron chi connectivity index (χ4n) is 3.80. The first-order valence-electron chi connectivity index (χ1n) is 10.8. The van der Waals surface area contributed by atoms with E-state index in [0.717, 1.165) is 17.7 Å². The average Bonchev–Trinajstić information content (AvgIpc) is 3.10. The van der Waals surface area contributed by atoms with Crippen LogP contribution >= 0.6 is 0 Å². The van der Waals surface area contributed by atoms with Crippen LogP contribution in [0.25, 0.3) is 0 Å². The molecule has 2 aromatic carbocycles. The number of phenolic OH excluding ortho intramolecular Hbond substituents is 1. The first-order valence-corrected chi connectivity index (χ1v) is 12.2. The monoisotopic (exact) mass is 500 g/mol. The van der Waals surface area contributed by atoms with Gasteiger partial charge >= 0.3 is 6.03 Å². The highest BCUT2D eigenvalue weighted by molar-refractivity contribution is 7.89. The second kappa shape index (κ2) is 9.16. The van der Waals surface area contributed by atoms with Gasteiger partial charge in [-0.2, -0.15) is 0 Å². The Bertz CT molecular complexity index is 1380. The highest BCUT2D eigenvalue weighted by Crippen LogP contribution is 2.40. The molecule has 0 unspecified atom stereocenters. The fourth-order valence-corrected chi connectivity index (χ4v) is 4.53. The van der Waals surface area contributed by atoms with Gasteiger partial charge in [-0.15, -0.1) is 0 Å². The van der Waals surface area contributed by atoms with Crippen LogP contribution in [-0.2, 0) is 22.0 Å². The molecule has 0 saturated carbocycles. The molecule has 1 aliphatic rings. The van der Waals surface area contributed by atoms with Crippen LogP contribution in [0.5, 0.6) is 17.4 Å². The molecule has 2 heterocycles. The first-order chi connectivity index (χ1) is 16.5. The largest absolute Gasteiger partial charge is 0.505 e. The van der Waals surface area contributed by atoms with Crippen molar-refractivity contribution in [2.45, 2.75) is 30.7 Å². The van der Waals surface area contributed by atoms with E-state index in [1.807, 2.05) is 13.8 Å². The van der Waals surface area contributed by atoms with Crippen LogP contribution < -0.4 is 19.7 Å². The molecule has 9 nitrogen and oxygen atoms in total. The van der Waals surface area contributed by atoms with E-state index in [1.165, 1.54) is 25.2 Å². The molecule has 2 amide bonds. The van der Waals surface area contributed by atoms with Gasteiger partial charge in [0.2, 0.25) is 15.9 Å². The van der Waals surface area contributed by atoms with Gasteiger partial charge in [-0.3, -0.25) is 4.90 Å². The Morgan fingerprint density at radius 3 is 2.54 bits per heavy atom. The van der Waals surface area contributed by atoms with Gasteiger partial charge in [0.1, 0.15) is 5.75 Å². The summed E-state index contributed by atoms with van der Waals surface area (Å²) in [6.45, 7) is 4.52. The van der Waals surface area contributed by atoms with E-state index < -0.39 is 27.0 Å². The molecule has 35 heavy (non-hydrogen) atoms. The summed E-state index contributed by atoms with van der Waals surface area (Å²) in [6.07, 6.45) is 0. The predicted molar refractivity (Wildman–Crippen MR) is 128 cm³/mol. The summed E-state index contributed by atoms with van der Waals surface area (Å²) in [5.74, 6) is -0.789. The number of pyridine rings is 1. The normalized spacial score (nSPS) is 14.5. The lowest BCUT2D eigenvalue weighted by Gasteiger charge is -2.20. The van der Waals surface area contributed by atoms with Crippen LogP contribution in [0.2, 0.25) is 0 Å². The molecule has 1 aliphatic heterocycles. The Morgan fingerprint density at radius 2 is 1.89 bits per heavy atom. The number of urea groups is 1. The number of nitrogens with zero attached hydrogens (tertiary/aromatic N) is 2. The molecule has 0 atom stereocenters. The SMILES string of the molecule is CNS(=O)(=O)c1ccc(CNC(=O)N2CC(C)(C)c3nc(Oc4ccc(F)c(O)c4)ccc32)cc1. The maximum Gasteiger partial charge on any atom is 0.322 e. The number of aromatic hydroxyl groups is 1. The maximum absolute atomic E-state index is 13.3. The number of hydrogen-bond donors (Lipinski definition) is 3. The zero-order chi connectivity index (χ0) is 25.4. The van der Waals surface area contributed by atoms with Gasteiger partial charge < -0.3 is 15.2 Å². The number of halogens is 1. The Kier molecular flexibility index (Phi) is 6.39. The number of sulfonamides is 1. The smallest absolute Gasteiger partial charge is 0.322 e. The van der Waals surface area contributed by atoms with E-state index in [4.69, 9.17) is 4.74 Å². The number of ether oxygens (including phenoxy) is 1. The lowest BCUT2D eigenvalue weighted by atomic mass is 9.91. The molecule has 0 bridgehead atoms. The number of hydrogen-bond acceptors (Lipinski definition) is 6. The third-order valence-corrected chi connectivity index (χ3v) is 7.10. The second-order valence-corrected chi connectivity index (χ2v) is 10.6. The third-order valence-electron chi connectivity index (χ3n) is 5.66. The number of carbonyl (C=O) groups excluding carboxylic acids is 1. The van der Waals surface area contributed by atoms with E-state index in [0.29, 0.717) is 17.9 Å². The van der Waals surface area contributed by atoms with Crippen LogP contribution in [0.15, 0.2) is 59.5 Å². The van der Waals surface area contributed by atoms with Crippen molar-refractivity contribution in [3.8, 4) is 17.4 Å². The molecule has 0 aliphatic carbocycles. The van der Waals surface area contributed by atoms with Gasteiger partial charge in [0, 0.05) is 30.6 Å². The fraction of sp³-hybridized carbons (Fsp3) is 0.250. The number of carbonyl (C=O) groups is 1. The predicted octanol–water partition coefficient (Wildman–Crippen LogP) is 3.63. The van der Waals surface area contributed by atoms with Crippen LogP contribution in [0, 0.1) is 5.82 Å². The van der Waals surface area contributed by atoms with Crippen molar-refractivity contribution in [1.82, 2.24) is 15.0 Å². The standard InChI is InChI=1S/C24H25FN4O5S/c1-24(2)14-29(23(31)27-13-15-4-7-17(8-5-15)35(32,33)26-3)19-10-11-21(28-22(19)24)34-16-6-9-18(25)20(30)12-16/h4-12,26,30H,13-14H2,1-3H3,(H,27,31). The molecule has 4 rings (SSSR count). The highest BCUT2D eigenvalue weighted by Gasteiger charge is 2.40. The summed E-state index contributed by atoms with van der Waals surface area (Å²) in [6, 6.07) is 12.9. The zero-order valence-corrected chi connectivity index (χ0v) is 20.2. The Hall–Kier alpha value is -3.70. The Labute approximate surface area is 202 Å². The number of amides is 2. The summed E-state index contributed by atoms with van der Waals surface area (Å²) >= 11 is 0. The second-order valence-electron chi connectivity index (χ2n) is 8.71. The van der Waals surface area contributed by atoms with Gasteiger partial charge in [-0.25, -0.2) is 27.3 Å². The molecule has 1 aromatic heterocycles. The summed E-state index contributed by atoms with van der Waals surface area (Å²) in [7, 11) is -2.18. The van der Waals surface area contributed by atoms with Crippen LogP contribution in [0.4, 0.5) is 14.9 Å². The van der Waals surface area contributed by atoms with Gasteiger partial charge in [0.05, 0.1) is 16.3 Å². The van der Waals surface area contributed by atoms with Crippen LogP contribution in [0.1, 0.15) is 25.1 Å². The molecular formula is C24H25FN4O5S. The third kappa shape index (κ3) is 5.05. The number of benzene rings is 2. The highest BCUT2D eigenvalue weighted by atomic mass is 32.2. The lowest BCUT2D eigenvalue weighted by molar-refractivity contribution is 0.245. The number of rotatable bonds is 6. The summed E-state index contributed by atoms with van der Waals surface area (Å²) in [5.41, 5.74) is 1.59. The molecule has 3 aromatic rings. The van der Waals surface area contributed by atoms with E-state index in [1.54, 1.807) is 29.2 Å².